The van der Waals surface area contributed by atoms with Gasteiger partial charge in [0.2, 0.25) is 0 Å². The molecule has 0 N–H and O–H groups in total. The van der Waals surface area contributed by atoms with Crippen LogP contribution in [0.3, 0.4) is 0 Å². The third kappa shape index (κ3) is 3.36. The van der Waals surface area contributed by atoms with E-state index in [1.165, 1.54) is 29.5 Å². The van der Waals surface area contributed by atoms with Crippen LogP contribution in [0, 0.1) is 10.1 Å². The molecule has 0 amide bonds. The zero-order chi connectivity index (χ0) is 13.8. The topological polar surface area (TPSA) is 60.2 Å². The van der Waals surface area contributed by atoms with Crippen LogP contribution in [0.1, 0.15) is 15.2 Å². The molecule has 0 bridgehead atoms. The Hall–Kier alpha value is -1.79. The van der Waals surface area contributed by atoms with Crippen molar-refractivity contribution in [2.45, 2.75) is 0 Å². The van der Waals surface area contributed by atoms with E-state index in [1.807, 2.05) is 11.4 Å². The molecule has 96 valence electrons. The summed E-state index contributed by atoms with van der Waals surface area (Å²) in [5.41, 5.74) is 0.774. The zero-order valence-electron chi connectivity index (χ0n) is 9.58. The lowest BCUT2D eigenvalue weighted by atomic mass is 10.1. The maximum absolute atomic E-state index is 11.9. The largest absolute Gasteiger partial charge is 0.288 e. The third-order valence-corrected chi connectivity index (χ3v) is 4.22. The number of non-ortho nitro benzene ring substituents is 1. The number of hydrogen-bond acceptors (Lipinski definition) is 4. The molecule has 0 atom stereocenters. The average molecular weight is 338 g/mol. The lowest BCUT2D eigenvalue weighted by Crippen LogP contribution is -1.90. The highest BCUT2D eigenvalue weighted by Gasteiger charge is 2.08. The molecule has 0 saturated carbocycles. The number of halogens is 1. The van der Waals surface area contributed by atoms with Crippen molar-refractivity contribution in [1.29, 1.82) is 0 Å². The minimum Gasteiger partial charge on any atom is -0.288 e. The molecule has 0 unspecified atom stereocenters. The fourth-order valence-corrected chi connectivity index (χ4v) is 2.91. The van der Waals surface area contributed by atoms with Crippen LogP contribution in [0.25, 0.3) is 6.08 Å². The summed E-state index contributed by atoms with van der Waals surface area (Å²) < 4.78 is 0.774. The van der Waals surface area contributed by atoms with E-state index in [9.17, 15) is 14.9 Å². The molecule has 0 aliphatic heterocycles. The fourth-order valence-electron chi connectivity index (χ4n) is 1.42. The molecule has 1 heterocycles. The van der Waals surface area contributed by atoms with Crippen molar-refractivity contribution in [2.75, 3.05) is 0 Å². The molecule has 0 aliphatic rings. The molecular weight excluding hydrogens is 330 g/mol. The van der Waals surface area contributed by atoms with E-state index in [0.717, 1.165) is 10.0 Å². The van der Waals surface area contributed by atoms with Crippen molar-refractivity contribution in [3.8, 4) is 0 Å². The van der Waals surface area contributed by atoms with Gasteiger partial charge in [0.15, 0.2) is 5.78 Å². The number of rotatable bonds is 4. The van der Waals surface area contributed by atoms with E-state index in [4.69, 9.17) is 0 Å². The van der Waals surface area contributed by atoms with Crippen LogP contribution in [0.15, 0.2) is 46.3 Å². The molecule has 0 saturated heterocycles. The fraction of sp³-hybridized carbons (Fsp3) is 0. The van der Waals surface area contributed by atoms with E-state index in [2.05, 4.69) is 15.9 Å². The van der Waals surface area contributed by atoms with E-state index < -0.39 is 4.92 Å². The Morgan fingerprint density at radius 3 is 2.47 bits per heavy atom. The number of allylic oxidation sites excluding steroid dienone is 1. The van der Waals surface area contributed by atoms with Crippen LogP contribution in [0.2, 0.25) is 0 Å². The van der Waals surface area contributed by atoms with Crippen molar-refractivity contribution < 1.29 is 9.72 Å². The summed E-state index contributed by atoms with van der Waals surface area (Å²) in [4.78, 5) is 22.5. The number of ketones is 1. The van der Waals surface area contributed by atoms with Gasteiger partial charge in [0.25, 0.3) is 5.69 Å². The first-order valence-electron chi connectivity index (χ1n) is 5.28. The van der Waals surface area contributed by atoms with Gasteiger partial charge in [-0.05, 0) is 51.1 Å². The van der Waals surface area contributed by atoms with Crippen LogP contribution < -0.4 is 0 Å². The van der Waals surface area contributed by atoms with E-state index in [-0.39, 0.29) is 11.5 Å². The molecule has 2 aromatic rings. The normalized spacial score (nSPS) is 10.8. The first kappa shape index (κ1) is 13.6. The molecule has 0 aliphatic carbocycles. The second-order valence-electron chi connectivity index (χ2n) is 3.64. The van der Waals surface area contributed by atoms with Crippen molar-refractivity contribution in [2.24, 2.45) is 0 Å². The van der Waals surface area contributed by atoms with Crippen LogP contribution in [0.4, 0.5) is 5.69 Å². The molecule has 0 spiro atoms. The van der Waals surface area contributed by atoms with E-state index >= 15 is 0 Å². The SMILES string of the molecule is O=C(/C=C/c1ccc([N+](=O)[O-])cc1)c1sccc1Br. The second-order valence-corrected chi connectivity index (χ2v) is 5.41. The highest BCUT2D eigenvalue weighted by molar-refractivity contribution is 9.10. The van der Waals surface area contributed by atoms with Crippen LogP contribution in [0.5, 0.6) is 0 Å². The van der Waals surface area contributed by atoms with Gasteiger partial charge in [0, 0.05) is 16.6 Å². The highest BCUT2D eigenvalue weighted by atomic mass is 79.9. The molecule has 1 aromatic carbocycles. The van der Waals surface area contributed by atoms with Gasteiger partial charge >= 0.3 is 0 Å². The first-order valence-corrected chi connectivity index (χ1v) is 6.95. The Kier molecular flexibility index (Phi) is 4.24. The minimum atomic E-state index is -0.457. The van der Waals surface area contributed by atoms with Gasteiger partial charge < -0.3 is 0 Å². The quantitative estimate of drug-likeness (QED) is 0.361. The Labute approximate surface area is 121 Å². The smallest absolute Gasteiger partial charge is 0.269 e. The Morgan fingerprint density at radius 2 is 1.95 bits per heavy atom. The minimum absolute atomic E-state index is 0.0319. The van der Waals surface area contributed by atoms with Gasteiger partial charge in [-0.25, -0.2) is 0 Å². The van der Waals surface area contributed by atoms with Crippen molar-refractivity contribution in [1.82, 2.24) is 0 Å². The summed E-state index contributed by atoms with van der Waals surface area (Å²) in [5, 5.41) is 12.3. The summed E-state index contributed by atoms with van der Waals surface area (Å²) in [6, 6.07) is 7.84. The standard InChI is InChI=1S/C13H8BrNO3S/c14-11-7-8-19-13(11)12(16)6-3-9-1-4-10(5-2-9)15(17)18/h1-8H/b6-3+. The monoisotopic (exact) mass is 337 g/mol. The zero-order valence-corrected chi connectivity index (χ0v) is 12.0. The molecule has 19 heavy (non-hydrogen) atoms. The molecule has 1 aromatic heterocycles. The highest BCUT2D eigenvalue weighted by Crippen LogP contribution is 2.23. The van der Waals surface area contributed by atoms with Crippen LogP contribution in [-0.4, -0.2) is 10.7 Å². The molecule has 6 heteroatoms. The van der Waals surface area contributed by atoms with Gasteiger partial charge in [-0.2, -0.15) is 0 Å². The molecular formula is C13H8BrNO3S. The molecule has 0 radical (unpaired) electrons. The van der Waals surface area contributed by atoms with Crippen LogP contribution in [-0.2, 0) is 0 Å². The summed E-state index contributed by atoms with van der Waals surface area (Å²) in [7, 11) is 0. The van der Waals surface area contributed by atoms with Crippen molar-refractivity contribution in [3.63, 3.8) is 0 Å². The first-order chi connectivity index (χ1) is 9.08. The summed E-state index contributed by atoms with van der Waals surface area (Å²) >= 11 is 4.66. The number of thiophene rings is 1. The van der Waals surface area contributed by atoms with Gasteiger partial charge in [0.05, 0.1) is 9.80 Å². The summed E-state index contributed by atoms with van der Waals surface area (Å²) in [6.45, 7) is 0. The Morgan fingerprint density at radius 1 is 1.26 bits per heavy atom. The van der Waals surface area contributed by atoms with Gasteiger partial charge in [0.1, 0.15) is 0 Å². The molecule has 4 nitrogen and oxygen atoms in total. The predicted molar refractivity (Wildman–Crippen MR) is 78.5 cm³/mol. The predicted octanol–water partition coefficient (Wildman–Crippen LogP) is 4.31. The lowest BCUT2D eigenvalue weighted by Gasteiger charge is -1.94. The van der Waals surface area contributed by atoms with Gasteiger partial charge in [-0.3, -0.25) is 14.9 Å². The van der Waals surface area contributed by atoms with Crippen molar-refractivity contribution in [3.05, 3.63) is 66.8 Å². The maximum Gasteiger partial charge on any atom is 0.269 e. The third-order valence-electron chi connectivity index (χ3n) is 2.37. The number of nitro benzene ring substituents is 1. The number of benzene rings is 1. The van der Waals surface area contributed by atoms with Crippen LogP contribution >= 0.6 is 27.3 Å². The van der Waals surface area contributed by atoms with Crippen molar-refractivity contribution >= 4 is 44.8 Å². The Balaban J connectivity index is 2.13. The summed E-state index contributed by atoms with van der Waals surface area (Å²) in [5.74, 6) is -0.0970. The average Bonchev–Trinajstić information content (AvgIpc) is 2.83. The number of nitrogens with zero attached hydrogens (tertiary/aromatic N) is 1. The molecule has 2 rings (SSSR count). The maximum atomic E-state index is 11.9. The lowest BCUT2D eigenvalue weighted by molar-refractivity contribution is -0.384. The second kappa shape index (κ2) is 5.90. The summed E-state index contributed by atoms with van der Waals surface area (Å²) in [6.07, 6.45) is 3.09. The van der Waals surface area contributed by atoms with E-state index in [1.54, 1.807) is 18.2 Å². The number of hydrogen-bond donors (Lipinski definition) is 0. The van der Waals surface area contributed by atoms with E-state index in [0.29, 0.717) is 4.88 Å². The number of carbonyl (C=O) groups excluding carboxylic acids is 1. The number of nitro groups is 1. The van der Waals surface area contributed by atoms with Gasteiger partial charge in [-0.1, -0.05) is 6.08 Å². The molecule has 0 fully saturated rings. The van der Waals surface area contributed by atoms with Gasteiger partial charge in [-0.15, -0.1) is 11.3 Å². The Bertz CT molecular complexity index is 646. The number of carbonyl (C=O) groups is 1.